The third kappa shape index (κ3) is 9.96. The molecule has 1 aromatic carbocycles. The normalized spacial score (nSPS) is 12.2. The number of hydrogen-bond donors (Lipinski definition) is 1. The Morgan fingerprint density at radius 2 is 1.16 bits per heavy atom. The largest absolute Gasteiger partial charge is 0.508 e. The lowest BCUT2D eigenvalue weighted by Crippen LogP contribution is -2.26. The summed E-state index contributed by atoms with van der Waals surface area (Å²) in [6, 6.07) is 3.35. The van der Waals surface area contributed by atoms with Crippen LogP contribution in [0.5, 0.6) is 5.75 Å². The van der Waals surface area contributed by atoms with E-state index >= 15 is 0 Å². The second kappa shape index (κ2) is 13.9. The average Bonchev–Trinajstić information content (AvgIpc) is 2.69. The van der Waals surface area contributed by atoms with Gasteiger partial charge < -0.3 is 9.84 Å². The van der Waals surface area contributed by atoms with Crippen molar-refractivity contribution in [1.82, 2.24) is 0 Å². The van der Waals surface area contributed by atoms with Gasteiger partial charge in [-0.3, -0.25) is 0 Å². The Bertz CT molecular complexity index is 677. The van der Waals surface area contributed by atoms with Gasteiger partial charge in [0, 0.05) is 5.56 Å². The molecule has 0 radical (unpaired) electrons. The number of rotatable bonds is 14. The zero-order valence-electron chi connectivity index (χ0n) is 22.1. The molecule has 3 heteroatoms. The molecule has 184 valence electrons. The summed E-state index contributed by atoms with van der Waals surface area (Å²) < 4.78 is 5.64. The van der Waals surface area contributed by atoms with E-state index < -0.39 is 0 Å². The number of ether oxygens (including phenoxy) is 1. The van der Waals surface area contributed by atoms with E-state index in [0.717, 1.165) is 24.0 Å². The first-order valence-electron chi connectivity index (χ1n) is 13.0. The topological polar surface area (TPSA) is 46.5 Å². The zero-order chi connectivity index (χ0) is 24.2. The van der Waals surface area contributed by atoms with Gasteiger partial charge in [-0.05, 0) is 34.9 Å². The number of unbranched alkanes of at least 4 members (excludes halogenated alkanes) is 11. The van der Waals surface area contributed by atoms with Gasteiger partial charge in [0.1, 0.15) is 5.75 Å². The molecule has 0 aliphatic heterocycles. The smallest absolute Gasteiger partial charge is 0.338 e. The number of esters is 1. The molecule has 0 heterocycles. The summed E-state index contributed by atoms with van der Waals surface area (Å²) >= 11 is 0. The van der Waals surface area contributed by atoms with Crippen LogP contribution in [-0.2, 0) is 15.6 Å². The van der Waals surface area contributed by atoms with E-state index in [1.165, 1.54) is 64.2 Å². The number of carbonyl (C=O) groups is 1. The van der Waals surface area contributed by atoms with E-state index in [1.54, 1.807) is 12.1 Å². The van der Waals surface area contributed by atoms with Crippen molar-refractivity contribution in [2.45, 2.75) is 136 Å². The van der Waals surface area contributed by atoms with Crippen LogP contribution in [0.2, 0.25) is 0 Å². The zero-order valence-corrected chi connectivity index (χ0v) is 22.1. The average molecular weight is 447 g/mol. The van der Waals surface area contributed by atoms with Gasteiger partial charge in [0.2, 0.25) is 0 Å². The van der Waals surface area contributed by atoms with Crippen molar-refractivity contribution in [3.63, 3.8) is 0 Å². The summed E-state index contributed by atoms with van der Waals surface area (Å²) in [5.41, 5.74) is 1.78. The number of phenols is 1. The van der Waals surface area contributed by atoms with Gasteiger partial charge in [-0.2, -0.15) is 0 Å². The molecule has 0 unspecified atom stereocenters. The van der Waals surface area contributed by atoms with Crippen LogP contribution in [-0.4, -0.2) is 17.7 Å². The number of aromatic hydroxyl groups is 1. The second-order valence-electron chi connectivity index (χ2n) is 11.4. The third-order valence-corrected chi connectivity index (χ3v) is 6.13. The molecule has 3 nitrogen and oxygen atoms in total. The molecule has 0 atom stereocenters. The van der Waals surface area contributed by atoms with Crippen LogP contribution in [0.1, 0.15) is 147 Å². The molecule has 1 aromatic rings. The van der Waals surface area contributed by atoms with Crippen molar-refractivity contribution in [3.05, 3.63) is 28.8 Å². The fraction of sp³-hybridized carbons (Fsp3) is 0.759. The molecule has 0 saturated heterocycles. The fourth-order valence-electron chi connectivity index (χ4n) is 4.49. The van der Waals surface area contributed by atoms with Gasteiger partial charge in [0.15, 0.2) is 0 Å². The minimum atomic E-state index is -0.275. The van der Waals surface area contributed by atoms with Crippen molar-refractivity contribution in [2.75, 3.05) is 6.61 Å². The van der Waals surface area contributed by atoms with E-state index in [4.69, 9.17) is 4.74 Å². The van der Waals surface area contributed by atoms with E-state index in [2.05, 4.69) is 48.5 Å². The Morgan fingerprint density at radius 3 is 1.59 bits per heavy atom. The molecule has 0 saturated carbocycles. The van der Waals surface area contributed by atoms with Crippen LogP contribution in [0.15, 0.2) is 12.1 Å². The van der Waals surface area contributed by atoms with E-state index in [9.17, 15) is 9.90 Å². The monoisotopic (exact) mass is 446 g/mol. The molecule has 0 aliphatic rings. The molecule has 1 rings (SSSR count). The molecule has 0 aliphatic carbocycles. The highest BCUT2D eigenvalue weighted by Crippen LogP contribution is 2.41. The molecule has 32 heavy (non-hydrogen) atoms. The van der Waals surface area contributed by atoms with Crippen LogP contribution < -0.4 is 0 Å². The molecule has 0 amide bonds. The van der Waals surface area contributed by atoms with Gasteiger partial charge in [-0.15, -0.1) is 0 Å². The van der Waals surface area contributed by atoms with Crippen molar-refractivity contribution >= 4 is 5.97 Å². The molecular weight excluding hydrogens is 396 g/mol. The molecule has 0 aromatic heterocycles. The van der Waals surface area contributed by atoms with Crippen LogP contribution in [0.25, 0.3) is 0 Å². The first-order chi connectivity index (χ1) is 15.0. The van der Waals surface area contributed by atoms with Crippen LogP contribution in [0.3, 0.4) is 0 Å². The summed E-state index contributed by atoms with van der Waals surface area (Å²) in [6.07, 6.45) is 15.5. The second-order valence-corrected chi connectivity index (χ2v) is 11.4. The lowest BCUT2D eigenvalue weighted by atomic mass is 9.72. The van der Waals surface area contributed by atoms with E-state index in [1.807, 2.05) is 0 Å². The van der Waals surface area contributed by atoms with Gasteiger partial charge >= 0.3 is 5.97 Å². The number of carbonyl (C=O) groups excluding carboxylic acids is 1. The Hall–Kier alpha value is -1.51. The number of benzene rings is 1. The molecule has 1 N–H and O–H groups in total. The first-order valence-corrected chi connectivity index (χ1v) is 13.0. The summed E-state index contributed by atoms with van der Waals surface area (Å²) in [4.78, 5) is 12.9. The highest BCUT2D eigenvalue weighted by molar-refractivity contribution is 5.92. The predicted octanol–water partition coefficient (Wildman–Crippen LogP) is 8.85. The minimum absolute atomic E-state index is 0.250. The van der Waals surface area contributed by atoms with Gasteiger partial charge in [-0.1, -0.05) is 119 Å². The fourth-order valence-corrected chi connectivity index (χ4v) is 4.49. The summed E-state index contributed by atoms with van der Waals surface area (Å²) in [6.45, 7) is 15.2. The summed E-state index contributed by atoms with van der Waals surface area (Å²) in [5, 5.41) is 10.5. The van der Waals surface area contributed by atoms with Crippen LogP contribution in [0.4, 0.5) is 0 Å². The van der Waals surface area contributed by atoms with Gasteiger partial charge in [-0.25, -0.2) is 4.79 Å². The van der Waals surface area contributed by atoms with Crippen molar-refractivity contribution in [3.8, 4) is 5.75 Å². The van der Waals surface area contributed by atoms with E-state index in [-0.39, 0.29) is 22.5 Å². The maximum atomic E-state index is 12.9. The lowest BCUT2D eigenvalue weighted by Gasteiger charge is -2.32. The quantitative estimate of drug-likeness (QED) is 0.229. The SMILES string of the molecule is CCCCCCCCCCCCCCOC(=O)c1ccc(O)c(C(C)(C)C)c1C(C)(C)C. The Balaban J connectivity index is 2.43. The standard InChI is InChI=1S/C29H50O3/c1-8-9-10-11-12-13-14-15-16-17-18-19-22-32-27(31)23-20-21-24(30)26(29(5,6)7)25(23)28(2,3)4/h20-21,30H,8-19,22H2,1-7H3. The van der Waals surface area contributed by atoms with Crippen molar-refractivity contribution in [2.24, 2.45) is 0 Å². The molecule has 0 fully saturated rings. The summed E-state index contributed by atoms with van der Waals surface area (Å²) in [7, 11) is 0. The Kier molecular flexibility index (Phi) is 12.4. The van der Waals surface area contributed by atoms with Gasteiger partial charge in [0.25, 0.3) is 0 Å². The van der Waals surface area contributed by atoms with Crippen LogP contribution in [0, 0.1) is 0 Å². The molecule has 0 bridgehead atoms. The minimum Gasteiger partial charge on any atom is -0.508 e. The highest BCUT2D eigenvalue weighted by atomic mass is 16.5. The Labute approximate surface area is 198 Å². The van der Waals surface area contributed by atoms with Gasteiger partial charge in [0.05, 0.1) is 12.2 Å². The predicted molar refractivity (Wildman–Crippen MR) is 137 cm³/mol. The number of hydrogen-bond acceptors (Lipinski definition) is 3. The maximum Gasteiger partial charge on any atom is 0.338 e. The number of phenolic OH excluding ortho intramolecular Hbond substituents is 1. The Morgan fingerprint density at radius 1 is 0.719 bits per heavy atom. The van der Waals surface area contributed by atoms with Crippen LogP contribution >= 0.6 is 0 Å². The maximum absolute atomic E-state index is 12.9. The third-order valence-electron chi connectivity index (χ3n) is 6.13. The van der Waals surface area contributed by atoms with Crippen molar-refractivity contribution < 1.29 is 14.6 Å². The molecular formula is C29H50O3. The van der Waals surface area contributed by atoms with Crippen molar-refractivity contribution in [1.29, 1.82) is 0 Å². The molecule has 0 spiro atoms. The first kappa shape index (κ1) is 28.5. The van der Waals surface area contributed by atoms with E-state index in [0.29, 0.717) is 12.2 Å². The summed E-state index contributed by atoms with van der Waals surface area (Å²) in [5.74, 6) is -0.0246. The highest BCUT2D eigenvalue weighted by Gasteiger charge is 2.32. The lowest BCUT2D eigenvalue weighted by molar-refractivity contribution is 0.0494.